The van der Waals surface area contributed by atoms with Crippen molar-refractivity contribution < 1.29 is 21.6 Å². The van der Waals surface area contributed by atoms with E-state index in [1.54, 1.807) is 0 Å². The van der Waals surface area contributed by atoms with Crippen molar-refractivity contribution in [2.75, 3.05) is 0 Å². The van der Waals surface area contributed by atoms with Gasteiger partial charge in [0.05, 0.1) is 0 Å². The Hall–Kier alpha value is -0.340. The summed E-state index contributed by atoms with van der Waals surface area (Å²) in [5.41, 5.74) is 0.468. The van der Waals surface area contributed by atoms with Crippen LogP contribution in [0, 0.1) is 0 Å². The van der Waals surface area contributed by atoms with E-state index < -0.39 is 27.6 Å². The molecular weight excluding hydrogens is 245 g/mol. The highest BCUT2D eigenvalue weighted by atomic mass is 32.2. The third-order valence-electron chi connectivity index (χ3n) is 3.27. The molecule has 0 saturated carbocycles. The van der Waals surface area contributed by atoms with Crippen LogP contribution < -0.4 is 5.73 Å². The van der Waals surface area contributed by atoms with Gasteiger partial charge in [0.15, 0.2) is 0 Å². The van der Waals surface area contributed by atoms with Crippen LogP contribution in [0.4, 0.5) is 13.2 Å². The molecule has 2 bridgehead atoms. The normalized spacial score (nSPS) is 36.6. The van der Waals surface area contributed by atoms with Gasteiger partial charge in [0, 0.05) is 18.1 Å². The van der Waals surface area contributed by atoms with Gasteiger partial charge in [-0.25, -0.2) is 8.42 Å². The van der Waals surface area contributed by atoms with Crippen LogP contribution in [0.5, 0.6) is 0 Å². The fraction of sp³-hybridized carbons (Fsp3) is 1.00. The minimum atomic E-state index is -5.20. The van der Waals surface area contributed by atoms with Gasteiger partial charge < -0.3 is 5.73 Å². The van der Waals surface area contributed by atoms with Gasteiger partial charge in [-0.05, 0) is 25.7 Å². The van der Waals surface area contributed by atoms with E-state index in [1.165, 1.54) is 0 Å². The van der Waals surface area contributed by atoms with E-state index >= 15 is 0 Å². The van der Waals surface area contributed by atoms with Crippen molar-refractivity contribution in [3.8, 4) is 0 Å². The molecule has 0 aromatic heterocycles. The van der Waals surface area contributed by atoms with Crippen molar-refractivity contribution in [3.05, 3.63) is 0 Å². The lowest BCUT2D eigenvalue weighted by Crippen LogP contribution is -2.53. The highest BCUT2D eigenvalue weighted by Crippen LogP contribution is 2.41. The van der Waals surface area contributed by atoms with Crippen molar-refractivity contribution >= 4 is 10.0 Å². The van der Waals surface area contributed by atoms with E-state index in [2.05, 4.69) is 0 Å². The molecule has 2 fully saturated rings. The minimum Gasteiger partial charge on any atom is -0.328 e. The zero-order chi connectivity index (χ0) is 12.1. The predicted octanol–water partition coefficient (Wildman–Crippen LogP) is 0.790. The Morgan fingerprint density at radius 3 is 1.94 bits per heavy atom. The lowest BCUT2D eigenvalue weighted by molar-refractivity contribution is -0.0514. The Morgan fingerprint density at radius 1 is 1.12 bits per heavy atom. The van der Waals surface area contributed by atoms with Gasteiger partial charge in [-0.15, -0.1) is 0 Å². The number of piperidine rings is 1. The molecule has 2 rings (SSSR count). The topological polar surface area (TPSA) is 63.4 Å². The van der Waals surface area contributed by atoms with Crippen molar-refractivity contribution in [2.45, 2.75) is 49.3 Å². The van der Waals surface area contributed by atoms with Crippen LogP contribution in [-0.4, -0.2) is 36.4 Å². The van der Waals surface area contributed by atoms with Gasteiger partial charge in [0.2, 0.25) is 0 Å². The van der Waals surface area contributed by atoms with Crippen molar-refractivity contribution in [2.24, 2.45) is 5.73 Å². The quantitative estimate of drug-likeness (QED) is 0.756. The van der Waals surface area contributed by atoms with E-state index in [9.17, 15) is 21.6 Å². The van der Waals surface area contributed by atoms with Crippen LogP contribution >= 0.6 is 0 Å². The number of fused-ring (bicyclic) bond motifs is 2. The van der Waals surface area contributed by atoms with Gasteiger partial charge >= 0.3 is 15.5 Å². The molecular formula is C8H13F3N2O2S. The van der Waals surface area contributed by atoms with Crippen LogP contribution in [0.15, 0.2) is 0 Å². The van der Waals surface area contributed by atoms with Crippen LogP contribution in [0.3, 0.4) is 0 Å². The average molecular weight is 258 g/mol. The maximum atomic E-state index is 12.4. The molecule has 2 aliphatic rings. The number of hydrogen-bond donors (Lipinski definition) is 1. The number of sulfonamides is 1. The molecule has 2 unspecified atom stereocenters. The largest absolute Gasteiger partial charge is 0.511 e. The second-order valence-electron chi connectivity index (χ2n) is 4.40. The van der Waals surface area contributed by atoms with Crippen LogP contribution in [0.1, 0.15) is 25.7 Å². The lowest BCUT2D eigenvalue weighted by Gasteiger charge is -2.36. The van der Waals surface area contributed by atoms with Gasteiger partial charge in [-0.2, -0.15) is 17.5 Å². The molecule has 2 heterocycles. The first kappa shape index (κ1) is 12.1. The molecule has 2 saturated heterocycles. The van der Waals surface area contributed by atoms with Crippen LogP contribution in [0.2, 0.25) is 0 Å². The van der Waals surface area contributed by atoms with E-state index in [4.69, 9.17) is 5.73 Å². The van der Waals surface area contributed by atoms with Crippen LogP contribution in [-0.2, 0) is 10.0 Å². The van der Waals surface area contributed by atoms with Crippen molar-refractivity contribution in [3.63, 3.8) is 0 Å². The third kappa shape index (κ3) is 1.72. The lowest BCUT2D eigenvalue weighted by atomic mass is 10.0. The third-order valence-corrected chi connectivity index (χ3v) is 5.01. The van der Waals surface area contributed by atoms with Crippen LogP contribution in [0.25, 0.3) is 0 Å². The first-order chi connectivity index (χ1) is 7.23. The summed E-state index contributed by atoms with van der Waals surface area (Å²) in [5, 5.41) is 0. The van der Waals surface area contributed by atoms with Gasteiger partial charge in [0.25, 0.3) is 0 Å². The molecule has 94 valence electrons. The summed E-state index contributed by atoms with van der Waals surface area (Å²) in [6, 6.07) is -1.32. The van der Waals surface area contributed by atoms with E-state index in [0.717, 1.165) is 0 Å². The number of rotatable bonds is 1. The minimum absolute atomic E-state index is 0.183. The first-order valence-corrected chi connectivity index (χ1v) is 6.53. The molecule has 16 heavy (non-hydrogen) atoms. The number of nitrogens with zero attached hydrogens (tertiary/aromatic N) is 1. The summed E-state index contributed by atoms with van der Waals surface area (Å²) in [6.45, 7) is 0. The molecule has 0 aromatic rings. The number of hydrogen-bond acceptors (Lipinski definition) is 3. The number of nitrogens with two attached hydrogens (primary N) is 1. The van der Waals surface area contributed by atoms with Gasteiger partial charge in [-0.3, -0.25) is 0 Å². The summed E-state index contributed by atoms with van der Waals surface area (Å²) >= 11 is 0. The number of alkyl halides is 3. The maximum absolute atomic E-state index is 12.4. The van der Waals surface area contributed by atoms with Gasteiger partial charge in [-0.1, -0.05) is 0 Å². The van der Waals surface area contributed by atoms with E-state index in [-0.39, 0.29) is 6.04 Å². The molecule has 0 radical (unpaired) electrons. The fourth-order valence-electron chi connectivity index (χ4n) is 2.69. The van der Waals surface area contributed by atoms with Crippen molar-refractivity contribution in [1.29, 1.82) is 0 Å². The monoisotopic (exact) mass is 258 g/mol. The summed E-state index contributed by atoms with van der Waals surface area (Å²) in [7, 11) is -5.18. The van der Waals surface area contributed by atoms with E-state index in [1.807, 2.05) is 0 Å². The average Bonchev–Trinajstić information content (AvgIpc) is 2.37. The molecule has 2 atom stereocenters. The highest BCUT2D eigenvalue weighted by molar-refractivity contribution is 7.90. The predicted molar refractivity (Wildman–Crippen MR) is 50.8 cm³/mol. The molecule has 4 nitrogen and oxygen atoms in total. The molecule has 0 aliphatic carbocycles. The zero-order valence-electron chi connectivity index (χ0n) is 8.44. The molecule has 2 aliphatic heterocycles. The number of halogens is 3. The second kappa shape index (κ2) is 3.58. The Labute approximate surface area is 91.6 Å². The Kier molecular flexibility index (Phi) is 2.71. The first-order valence-electron chi connectivity index (χ1n) is 5.09. The standard InChI is InChI=1S/C8H13F3N2O2S/c9-8(10,11)16(14,15)13-6-1-2-7(13)4-5(12)3-6/h5-7H,1-4,12H2. The Balaban J connectivity index is 2.31. The summed E-state index contributed by atoms with van der Waals surface area (Å²) in [4.78, 5) is 0. The summed E-state index contributed by atoms with van der Waals surface area (Å²) in [6.07, 6.45) is 1.61. The maximum Gasteiger partial charge on any atom is 0.511 e. The molecule has 0 amide bonds. The SMILES string of the molecule is NC1CC2CCC(C1)N2S(=O)(=O)C(F)(F)F. The fourth-order valence-corrected chi connectivity index (χ4v) is 4.10. The highest BCUT2D eigenvalue weighted by Gasteiger charge is 2.57. The second-order valence-corrected chi connectivity index (χ2v) is 6.23. The zero-order valence-corrected chi connectivity index (χ0v) is 9.26. The molecule has 2 N–H and O–H groups in total. The summed E-state index contributed by atoms with van der Waals surface area (Å²) < 4.78 is 60.6. The van der Waals surface area contributed by atoms with Gasteiger partial charge in [0.1, 0.15) is 0 Å². The Morgan fingerprint density at radius 2 is 1.56 bits per heavy atom. The summed E-state index contributed by atoms with van der Waals surface area (Å²) in [5.74, 6) is 0. The molecule has 0 spiro atoms. The van der Waals surface area contributed by atoms with Crippen molar-refractivity contribution in [1.82, 2.24) is 4.31 Å². The Bertz CT molecular complexity index is 367. The molecule has 8 heteroatoms. The van der Waals surface area contributed by atoms with E-state index in [0.29, 0.717) is 30.0 Å². The molecule has 0 aromatic carbocycles. The smallest absolute Gasteiger partial charge is 0.328 e.